The second-order valence-electron chi connectivity index (χ2n) is 10.3. The van der Waals surface area contributed by atoms with E-state index < -0.39 is 0 Å². The normalized spacial score (nSPS) is 29.4. The summed E-state index contributed by atoms with van der Waals surface area (Å²) in [5.41, 5.74) is 0.736. The van der Waals surface area contributed by atoms with E-state index in [1.807, 2.05) is 13.8 Å². The molecule has 0 aliphatic carbocycles. The van der Waals surface area contributed by atoms with Crippen LogP contribution in [0, 0.1) is 10.8 Å². The molecule has 2 aliphatic heterocycles. The molecule has 0 bridgehead atoms. The number of hydrogen-bond acceptors (Lipinski definition) is 4. The highest BCUT2D eigenvalue weighted by atomic mass is 16.7. The highest BCUT2D eigenvalue weighted by molar-refractivity contribution is 4.75. The minimum atomic E-state index is -0.327. The van der Waals surface area contributed by atoms with Crippen molar-refractivity contribution in [3.05, 3.63) is 0 Å². The first kappa shape index (κ1) is 22.9. The van der Waals surface area contributed by atoms with Crippen LogP contribution in [-0.4, -0.2) is 37.5 Å². The highest BCUT2D eigenvalue weighted by Crippen LogP contribution is 2.32. The summed E-state index contributed by atoms with van der Waals surface area (Å²) >= 11 is 0. The lowest BCUT2D eigenvalue weighted by Crippen LogP contribution is -2.28. The molecule has 0 aromatic rings. The summed E-state index contributed by atoms with van der Waals surface area (Å²) in [4.78, 5) is 0. The lowest BCUT2D eigenvalue weighted by atomic mass is 9.88. The van der Waals surface area contributed by atoms with Gasteiger partial charge < -0.3 is 18.9 Å². The van der Waals surface area contributed by atoms with Gasteiger partial charge in [0.15, 0.2) is 11.6 Å². The molecule has 2 saturated heterocycles. The van der Waals surface area contributed by atoms with Crippen LogP contribution in [0.4, 0.5) is 0 Å². The molecular formula is C21H42O4. The lowest BCUT2D eigenvalue weighted by molar-refractivity contribution is -0.160. The van der Waals surface area contributed by atoms with Gasteiger partial charge in [-0.2, -0.15) is 0 Å². The Hall–Kier alpha value is -0.160. The zero-order valence-corrected chi connectivity index (χ0v) is 18.2. The van der Waals surface area contributed by atoms with Gasteiger partial charge in [0.1, 0.15) is 0 Å². The van der Waals surface area contributed by atoms with Crippen molar-refractivity contribution >= 4 is 0 Å². The van der Waals surface area contributed by atoms with Gasteiger partial charge in [-0.15, -0.1) is 0 Å². The van der Waals surface area contributed by atoms with E-state index in [-0.39, 0.29) is 17.7 Å². The maximum atomic E-state index is 5.72. The SMILES string of the molecule is CC(C)(C)CCC1(C)OCCO1.CC1COC(C)(CCC(C)(C)C)O1. The summed E-state index contributed by atoms with van der Waals surface area (Å²) in [6.07, 6.45) is 4.52. The van der Waals surface area contributed by atoms with Crippen molar-refractivity contribution in [1.29, 1.82) is 0 Å². The monoisotopic (exact) mass is 358 g/mol. The molecule has 0 aromatic carbocycles. The Kier molecular flexibility index (Phi) is 7.95. The van der Waals surface area contributed by atoms with E-state index in [9.17, 15) is 0 Å². The van der Waals surface area contributed by atoms with Crippen LogP contribution in [0.5, 0.6) is 0 Å². The standard InChI is InChI=1S/C11H22O2.C10H20O2/c1-9-8-12-11(5,13-9)7-6-10(2,3)4;1-9(2,3)5-6-10(4)11-7-8-12-10/h9H,6-8H2,1-5H3;5-8H2,1-4H3. The number of hydrogen-bond donors (Lipinski definition) is 0. The summed E-state index contributed by atoms with van der Waals surface area (Å²) in [5.74, 6) is -0.625. The highest BCUT2D eigenvalue weighted by Gasteiger charge is 2.35. The molecule has 4 heteroatoms. The molecule has 2 heterocycles. The Balaban J connectivity index is 0.000000251. The summed E-state index contributed by atoms with van der Waals surface area (Å²) < 4.78 is 22.4. The number of rotatable bonds is 4. The van der Waals surface area contributed by atoms with Crippen molar-refractivity contribution in [2.24, 2.45) is 10.8 Å². The maximum Gasteiger partial charge on any atom is 0.166 e. The van der Waals surface area contributed by atoms with Crippen molar-refractivity contribution in [2.75, 3.05) is 19.8 Å². The van der Waals surface area contributed by atoms with E-state index in [1.54, 1.807) is 0 Å². The van der Waals surface area contributed by atoms with Gasteiger partial charge in [-0.05, 0) is 44.4 Å². The number of ether oxygens (including phenoxy) is 4. The Bertz CT molecular complexity index is 388. The van der Waals surface area contributed by atoms with Gasteiger partial charge in [0.05, 0.1) is 25.9 Å². The predicted octanol–water partition coefficient (Wildman–Crippen LogP) is 5.54. The van der Waals surface area contributed by atoms with Crippen molar-refractivity contribution in [3.63, 3.8) is 0 Å². The molecule has 25 heavy (non-hydrogen) atoms. The van der Waals surface area contributed by atoms with E-state index in [0.29, 0.717) is 10.8 Å². The van der Waals surface area contributed by atoms with Gasteiger partial charge in [-0.25, -0.2) is 0 Å². The van der Waals surface area contributed by atoms with Crippen molar-refractivity contribution < 1.29 is 18.9 Å². The molecule has 2 unspecified atom stereocenters. The van der Waals surface area contributed by atoms with Gasteiger partial charge in [-0.3, -0.25) is 0 Å². The van der Waals surface area contributed by atoms with Gasteiger partial charge in [0, 0.05) is 12.8 Å². The molecule has 2 rings (SSSR count). The molecule has 4 nitrogen and oxygen atoms in total. The summed E-state index contributed by atoms with van der Waals surface area (Å²) in [5, 5.41) is 0. The average molecular weight is 359 g/mol. The molecular weight excluding hydrogens is 316 g/mol. The third-order valence-corrected chi connectivity index (χ3v) is 4.63. The van der Waals surface area contributed by atoms with Crippen LogP contribution >= 0.6 is 0 Å². The molecule has 0 radical (unpaired) electrons. The largest absolute Gasteiger partial charge is 0.348 e. The third kappa shape index (κ3) is 9.93. The van der Waals surface area contributed by atoms with Crippen molar-refractivity contribution in [2.45, 2.75) is 106 Å². The lowest BCUT2D eigenvalue weighted by Gasteiger charge is -2.27. The van der Waals surface area contributed by atoms with Gasteiger partial charge in [0.25, 0.3) is 0 Å². The minimum Gasteiger partial charge on any atom is -0.348 e. The van der Waals surface area contributed by atoms with E-state index in [2.05, 4.69) is 48.5 Å². The second kappa shape index (κ2) is 8.69. The maximum absolute atomic E-state index is 5.72. The molecule has 2 fully saturated rings. The van der Waals surface area contributed by atoms with Crippen LogP contribution < -0.4 is 0 Å². The summed E-state index contributed by atoms with van der Waals surface area (Å²) in [7, 11) is 0. The first-order valence-corrected chi connectivity index (χ1v) is 9.82. The van der Waals surface area contributed by atoms with Gasteiger partial charge in [-0.1, -0.05) is 41.5 Å². The van der Waals surface area contributed by atoms with Gasteiger partial charge >= 0.3 is 0 Å². The zero-order chi connectivity index (χ0) is 19.4. The van der Waals surface area contributed by atoms with Crippen LogP contribution in [-0.2, 0) is 18.9 Å². The summed E-state index contributed by atoms with van der Waals surface area (Å²) in [6, 6.07) is 0. The molecule has 0 saturated carbocycles. The van der Waals surface area contributed by atoms with Crippen LogP contribution in [0.2, 0.25) is 0 Å². The van der Waals surface area contributed by atoms with Crippen molar-refractivity contribution in [3.8, 4) is 0 Å². The fraction of sp³-hybridized carbons (Fsp3) is 1.00. The smallest absolute Gasteiger partial charge is 0.166 e. The van der Waals surface area contributed by atoms with Crippen molar-refractivity contribution in [1.82, 2.24) is 0 Å². The fourth-order valence-corrected chi connectivity index (χ4v) is 2.82. The Labute approximate surface area is 155 Å². The Morgan fingerprint density at radius 2 is 1.20 bits per heavy atom. The second-order valence-corrected chi connectivity index (χ2v) is 10.3. The van der Waals surface area contributed by atoms with Crippen LogP contribution in [0.25, 0.3) is 0 Å². The minimum absolute atomic E-state index is 0.255. The van der Waals surface area contributed by atoms with E-state index in [0.717, 1.165) is 45.5 Å². The fourth-order valence-electron chi connectivity index (χ4n) is 2.82. The molecule has 2 aliphatic rings. The topological polar surface area (TPSA) is 36.9 Å². The van der Waals surface area contributed by atoms with E-state index in [1.165, 1.54) is 0 Å². The average Bonchev–Trinajstić information content (AvgIpc) is 3.02. The molecule has 150 valence electrons. The Morgan fingerprint density at radius 3 is 1.56 bits per heavy atom. The van der Waals surface area contributed by atoms with E-state index >= 15 is 0 Å². The van der Waals surface area contributed by atoms with Gasteiger partial charge in [0.2, 0.25) is 0 Å². The quantitative estimate of drug-likeness (QED) is 0.661. The first-order valence-electron chi connectivity index (χ1n) is 9.82. The molecule has 0 N–H and O–H groups in total. The zero-order valence-electron chi connectivity index (χ0n) is 18.2. The molecule has 2 atom stereocenters. The van der Waals surface area contributed by atoms with Crippen LogP contribution in [0.1, 0.15) is 88.0 Å². The van der Waals surface area contributed by atoms with E-state index in [4.69, 9.17) is 18.9 Å². The van der Waals surface area contributed by atoms with Crippen LogP contribution in [0.3, 0.4) is 0 Å². The predicted molar refractivity (Wildman–Crippen MR) is 103 cm³/mol. The molecule has 0 aromatic heterocycles. The molecule has 0 spiro atoms. The third-order valence-electron chi connectivity index (χ3n) is 4.63. The first-order chi connectivity index (χ1) is 11.2. The summed E-state index contributed by atoms with van der Waals surface area (Å²) in [6.45, 7) is 21.8. The van der Waals surface area contributed by atoms with Crippen LogP contribution in [0.15, 0.2) is 0 Å². The molecule has 0 amide bonds. The Morgan fingerprint density at radius 1 is 0.760 bits per heavy atom.